The largest absolute Gasteiger partial charge is 0.352 e. The highest BCUT2D eigenvalue weighted by atomic mass is 16.1. The Morgan fingerprint density at radius 1 is 1.15 bits per heavy atom. The molecule has 0 heterocycles. The summed E-state index contributed by atoms with van der Waals surface area (Å²) in [5.74, 6) is 0.0594. The molecule has 0 aromatic rings. The van der Waals surface area contributed by atoms with Crippen LogP contribution in [0.15, 0.2) is 36.0 Å². The molecule has 0 aromatic carbocycles. The van der Waals surface area contributed by atoms with Gasteiger partial charge in [-0.3, -0.25) is 4.79 Å². The minimum atomic E-state index is 0. The number of nitrogens with one attached hydrogen (secondary N) is 2. The third kappa shape index (κ3) is 7.95. The van der Waals surface area contributed by atoms with E-state index in [-0.39, 0.29) is 8.76 Å². The summed E-state index contributed by atoms with van der Waals surface area (Å²) in [5, 5.41) is 6.33. The molecule has 20 heavy (non-hydrogen) atoms. The van der Waals surface area contributed by atoms with Crippen LogP contribution in [-0.4, -0.2) is 25.5 Å². The minimum Gasteiger partial charge on any atom is -0.352 e. The minimum absolute atomic E-state index is 0. The fourth-order valence-electron chi connectivity index (χ4n) is 2.11. The second-order valence-electron chi connectivity index (χ2n) is 5.05. The molecule has 0 radical (unpaired) electrons. The summed E-state index contributed by atoms with van der Waals surface area (Å²) in [6.45, 7) is 5.06. The van der Waals surface area contributed by atoms with Crippen LogP contribution in [-0.2, 0) is 4.79 Å². The molecule has 0 unspecified atom stereocenters. The normalized spacial score (nSPS) is 20.4. The summed E-state index contributed by atoms with van der Waals surface area (Å²) >= 11 is 0. The monoisotopic (exact) mass is 280 g/mol. The number of unbranched alkanes of at least 4 members (excludes halogenated alkanes) is 3. The van der Waals surface area contributed by atoms with Crippen molar-refractivity contribution in [3.8, 4) is 0 Å². The molecule has 0 saturated heterocycles. The Balaban J connectivity index is 0. The second kappa shape index (κ2) is 11.5. The zero-order valence-corrected chi connectivity index (χ0v) is 12.7. The SMILES string of the molecule is CCNCCCCCCNC(=O)C1=C/CC/C=C/C=C\1.[HH].[HH]. The fraction of sp³-hybridized carbons (Fsp3) is 0.588. The average molecular weight is 280 g/mol. The molecule has 1 rings (SSSR count). The Kier molecular flexibility index (Phi) is 9.58. The highest BCUT2D eigenvalue weighted by Gasteiger charge is 2.05. The first kappa shape index (κ1) is 16.7. The van der Waals surface area contributed by atoms with Crippen LogP contribution in [0, 0.1) is 0 Å². The van der Waals surface area contributed by atoms with Gasteiger partial charge in [0, 0.05) is 15.0 Å². The molecule has 0 saturated carbocycles. The first-order valence-electron chi connectivity index (χ1n) is 7.87. The van der Waals surface area contributed by atoms with Crippen LogP contribution in [0.1, 0.15) is 48.3 Å². The van der Waals surface area contributed by atoms with Gasteiger partial charge in [0.1, 0.15) is 0 Å². The van der Waals surface area contributed by atoms with Gasteiger partial charge < -0.3 is 10.6 Å². The fourth-order valence-corrected chi connectivity index (χ4v) is 2.11. The number of hydrogen-bond donors (Lipinski definition) is 2. The van der Waals surface area contributed by atoms with Gasteiger partial charge in [-0.25, -0.2) is 0 Å². The van der Waals surface area contributed by atoms with E-state index in [0.717, 1.165) is 44.5 Å². The lowest BCUT2D eigenvalue weighted by Gasteiger charge is -2.07. The first-order chi connectivity index (χ1) is 9.84. The van der Waals surface area contributed by atoms with Gasteiger partial charge in [0.05, 0.1) is 0 Å². The summed E-state index contributed by atoms with van der Waals surface area (Å²) in [6.07, 6.45) is 16.6. The molecule has 0 bridgehead atoms. The average Bonchev–Trinajstić information content (AvgIpc) is 2.41. The van der Waals surface area contributed by atoms with Crippen molar-refractivity contribution < 1.29 is 7.65 Å². The van der Waals surface area contributed by atoms with Crippen molar-refractivity contribution in [2.45, 2.75) is 45.4 Å². The molecule has 1 aliphatic rings. The lowest BCUT2D eigenvalue weighted by molar-refractivity contribution is -0.117. The van der Waals surface area contributed by atoms with Crippen molar-refractivity contribution in [2.75, 3.05) is 19.6 Å². The predicted octanol–water partition coefficient (Wildman–Crippen LogP) is 3.60. The number of amides is 1. The van der Waals surface area contributed by atoms with Crippen LogP contribution in [0.3, 0.4) is 0 Å². The molecule has 116 valence electrons. The third-order valence-corrected chi connectivity index (χ3v) is 3.30. The number of carbonyl (C=O) groups excluding carboxylic acids is 1. The van der Waals surface area contributed by atoms with Gasteiger partial charge in [0.15, 0.2) is 0 Å². The van der Waals surface area contributed by atoms with Gasteiger partial charge in [-0.1, -0.05) is 44.1 Å². The van der Waals surface area contributed by atoms with Crippen LogP contribution in [0.25, 0.3) is 0 Å². The van der Waals surface area contributed by atoms with Gasteiger partial charge in [-0.2, -0.15) is 0 Å². The topological polar surface area (TPSA) is 41.1 Å². The Labute approximate surface area is 126 Å². The molecule has 0 atom stereocenters. The number of carbonyl (C=O) groups is 1. The lowest BCUT2D eigenvalue weighted by Crippen LogP contribution is -2.25. The maximum Gasteiger partial charge on any atom is 0.250 e. The Morgan fingerprint density at radius 2 is 1.95 bits per heavy atom. The first-order valence-corrected chi connectivity index (χ1v) is 7.87. The third-order valence-electron chi connectivity index (χ3n) is 3.30. The van der Waals surface area contributed by atoms with Gasteiger partial charge in [0.25, 0.3) is 5.91 Å². The number of hydrogen-bond acceptors (Lipinski definition) is 2. The maximum absolute atomic E-state index is 12.0. The molecule has 0 aromatic heterocycles. The van der Waals surface area contributed by atoms with E-state index in [2.05, 4.69) is 23.6 Å². The van der Waals surface area contributed by atoms with Crippen molar-refractivity contribution in [1.82, 2.24) is 10.6 Å². The quantitative estimate of drug-likeness (QED) is 0.634. The molecular weight excluding hydrogens is 248 g/mol. The van der Waals surface area contributed by atoms with Gasteiger partial charge in [-0.15, -0.1) is 0 Å². The zero-order chi connectivity index (χ0) is 14.5. The van der Waals surface area contributed by atoms with Gasteiger partial charge in [-0.05, 0) is 44.8 Å². The van der Waals surface area contributed by atoms with Crippen LogP contribution in [0.2, 0.25) is 0 Å². The Bertz CT molecular complexity index is 366. The molecule has 1 amide bonds. The Morgan fingerprint density at radius 3 is 2.75 bits per heavy atom. The predicted molar refractivity (Wildman–Crippen MR) is 89.8 cm³/mol. The van der Waals surface area contributed by atoms with E-state index in [1.807, 2.05) is 24.3 Å². The van der Waals surface area contributed by atoms with E-state index in [9.17, 15) is 4.79 Å². The summed E-state index contributed by atoms with van der Waals surface area (Å²) in [4.78, 5) is 12.0. The molecule has 3 heteroatoms. The molecule has 2 N–H and O–H groups in total. The Hall–Kier alpha value is -1.35. The van der Waals surface area contributed by atoms with Crippen LogP contribution < -0.4 is 10.6 Å². The smallest absolute Gasteiger partial charge is 0.250 e. The van der Waals surface area contributed by atoms with Crippen LogP contribution in [0.4, 0.5) is 0 Å². The van der Waals surface area contributed by atoms with Crippen molar-refractivity contribution in [3.05, 3.63) is 36.0 Å². The summed E-state index contributed by atoms with van der Waals surface area (Å²) in [6, 6.07) is 0. The second-order valence-corrected chi connectivity index (χ2v) is 5.05. The van der Waals surface area contributed by atoms with Gasteiger partial charge in [0.2, 0.25) is 0 Å². The summed E-state index contributed by atoms with van der Waals surface area (Å²) in [5.41, 5.74) is 0.793. The summed E-state index contributed by atoms with van der Waals surface area (Å²) < 4.78 is 0. The maximum atomic E-state index is 12.0. The van der Waals surface area contributed by atoms with E-state index in [4.69, 9.17) is 0 Å². The number of rotatable bonds is 9. The number of allylic oxidation sites excluding steroid dienone is 4. The molecular formula is C17H32N2O. The molecule has 1 aliphatic carbocycles. The molecule has 0 fully saturated rings. The standard InChI is InChI=1S/C17H28N2O.2H2/c1-2-18-14-10-6-7-11-15-19-17(20)16-12-8-4-3-5-9-13-16;;/h3-4,8,12-13,18H,2,5-7,9-11,14-15H2,1H3,(H,19,20);2*1H/b4-3+,12-8-,16-13+;;. The highest BCUT2D eigenvalue weighted by molar-refractivity contribution is 5.96. The van der Waals surface area contributed by atoms with Gasteiger partial charge >= 0.3 is 0 Å². The lowest BCUT2D eigenvalue weighted by atomic mass is 10.1. The van der Waals surface area contributed by atoms with Crippen molar-refractivity contribution >= 4 is 5.91 Å². The van der Waals surface area contributed by atoms with Crippen LogP contribution in [0.5, 0.6) is 0 Å². The summed E-state index contributed by atoms with van der Waals surface area (Å²) in [7, 11) is 0. The molecule has 0 spiro atoms. The highest BCUT2D eigenvalue weighted by Crippen LogP contribution is 2.06. The molecule has 0 aliphatic heterocycles. The van der Waals surface area contributed by atoms with E-state index < -0.39 is 0 Å². The van der Waals surface area contributed by atoms with Crippen LogP contribution >= 0.6 is 0 Å². The van der Waals surface area contributed by atoms with E-state index >= 15 is 0 Å². The van der Waals surface area contributed by atoms with E-state index in [0.29, 0.717) is 0 Å². The van der Waals surface area contributed by atoms with Crippen molar-refractivity contribution in [1.29, 1.82) is 0 Å². The van der Waals surface area contributed by atoms with E-state index in [1.165, 1.54) is 19.3 Å². The van der Waals surface area contributed by atoms with Crippen molar-refractivity contribution in [2.24, 2.45) is 0 Å². The zero-order valence-electron chi connectivity index (χ0n) is 12.7. The van der Waals surface area contributed by atoms with Crippen molar-refractivity contribution in [3.63, 3.8) is 0 Å². The van der Waals surface area contributed by atoms with E-state index in [1.54, 1.807) is 0 Å². The molecule has 3 nitrogen and oxygen atoms in total.